The molecule has 2 aliphatic rings. The largest absolute Gasteiger partial charge is 0.399 e. The van der Waals surface area contributed by atoms with Crippen LogP contribution < -0.4 is 5.73 Å². The molecule has 0 radical (unpaired) electrons. The molecule has 0 unspecified atom stereocenters. The van der Waals surface area contributed by atoms with Gasteiger partial charge in [0.2, 0.25) is 0 Å². The molecule has 2 fully saturated rings. The lowest BCUT2D eigenvalue weighted by atomic mass is 9.69. The zero-order valence-corrected chi connectivity index (χ0v) is 12.4. The summed E-state index contributed by atoms with van der Waals surface area (Å²) in [6.07, 6.45) is 4.07. The van der Waals surface area contributed by atoms with Crippen LogP contribution in [0.4, 0.5) is 5.69 Å². The first-order chi connectivity index (χ1) is 10.2. The van der Waals surface area contributed by atoms with Crippen molar-refractivity contribution >= 4 is 5.69 Å². The van der Waals surface area contributed by atoms with Crippen molar-refractivity contribution in [2.45, 2.75) is 37.1 Å². The Hall–Kier alpha value is -1.57. The van der Waals surface area contributed by atoms with Crippen LogP contribution in [0.15, 0.2) is 24.3 Å². The van der Waals surface area contributed by atoms with Gasteiger partial charge in [0, 0.05) is 24.8 Å². The predicted molar refractivity (Wildman–Crippen MR) is 82.8 cm³/mol. The summed E-state index contributed by atoms with van der Waals surface area (Å²) in [5.41, 5.74) is 7.32. The third kappa shape index (κ3) is 2.90. The molecule has 0 atom stereocenters. The summed E-state index contributed by atoms with van der Waals surface area (Å²) in [6, 6.07) is 11.1. The Bertz CT molecular complexity index is 506. The smallest absolute Gasteiger partial charge is 0.0823 e. The molecule has 0 bridgehead atoms. The van der Waals surface area contributed by atoms with E-state index in [-0.39, 0.29) is 5.41 Å². The van der Waals surface area contributed by atoms with Gasteiger partial charge >= 0.3 is 0 Å². The van der Waals surface area contributed by atoms with E-state index in [1.165, 1.54) is 0 Å². The Balaban J connectivity index is 1.69. The Morgan fingerprint density at radius 1 is 1.14 bits per heavy atom. The van der Waals surface area contributed by atoms with Crippen LogP contribution in [0, 0.1) is 11.3 Å². The number of ether oxygens (including phenoxy) is 1. The van der Waals surface area contributed by atoms with Gasteiger partial charge in [0.25, 0.3) is 0 Å². The second kappa shape index (κ2) is 6.05. The van der Waals surface area contributed by atoms with Crippen LogP contribution in [0.5, 0.6) is 0 Å². The molecule has 1 aliphatic heterocycles. The second-order valence-corrected chi connectivity index (χ2v) is 6.20. The van der Waals surface area contributed by atoms with Crippen molar-refractivity contribution in [1.29, 1.82) is 5.26 Å². The number of nitrogens with two attached hydrogens (primary N) is 1. The SMILES string of the molecule is N#C[C@]1(c2ccc(N)cc2)CC[C@@H](N2CCOCC2)CC1. The van der Waals surface area contributed by atoms with Crippen molar-refractivity contribution in [2.75, 3.05) is 32.0 Å². The molecular formula is C17H23N3O. The van der Waals surface area contributed by atoms with Crippen molar-refractivity contribution in [1.82, 2.24) is 4.90 Å². The van der Waals surface area contributed by atoms with Crippen molar-refractivity contribution in [3.8, 4) is 6.07 Å². The van der Waals surface area contributed by atoms with Crippen molar-refractivity contribution in [3.63, 3.8) is 0 Å². The lowest BCUT2D eigenvalue weighted by Gasteiger charge is -2.41. The molecule has 1 heterocycles. The van der Waals surface area contributed by atoms with Crippen LogP contribution in [0.25, 0.3) is 0 Å². The van der Waals surface area contributed by atoms with Crippen LogP contribution >= 0.6 is 0 Å². The minimum absolute atomic E-state index is 0.323. The van der Waals surface area contributed by atoms with Gasteiger partial charge in [-0.05, 0) is 43.4 Å². The van der Waals surface area contributed by atoms with Crippen molar-refractivity contribution in [2.24, 2.45) is 0 Å². The normalized spacial score (nSPS) is 30.7. The molecule has 4 nitrogen and oxygen atoms in total. The standard InChI is InChI=1S/C17H23N3O/c18-13-17(14-1-3-15(19)4-2-14)7-5-16(6-8-17)20-9-11-21-12-10-20/h1-4,16H,5-12,19H2/t16-,17+. The van der Waals surface area contributed by atoms with E-state index in [2.05, 4.69) is 11.0 Å². The van der Waals surface area contributed by atoms with E-state index in [9.17, 15) is 5.26 Å². The predicted octanol–water partition coefficient (Wildman–Crippen LogP) is 2.30. The third-order valence-corrected chi connectivity index (χ3v) is 5.05. The maximum absolute atomic E-state index is 9.75. The third-order valence-electron chi connectivity index (χ3n) is 5.05. The molecule has 0 spiro atoms. The molecule has 1 saturated heterocycles. The van der Waals surface area contributed by atoms with E-state index in [1.54, 1.807) is 0 Å². The average Bonchev–Trinajstić information content (AvgIpc) is 2.56. The fourth-order valence-corrected chi connectivity index (χ4v) is 3.67. The first kappa shape index (κ1) is 14.4. The Morgan fingerprint density at radius 2 is 1.76 bits per heavy atom. The van der Waals surface area contributed by atoms with E-state index < -0.39 is 0 Å². The zero-order valence-electron chi connectivity index (χ0n) is 12.4. The van der Waals surface area contributed by atoms with Gasteiger partial charge in [-0.25, -0.2) is 0 Å². The highest BCUT2D eigenvalue weighted by molar-refractivity contribution is 5.43. The minimum atomic E-state index is -0.323. The maximum Gasteiger partial charge on any atom is 0.0823 e. The first-order valence-electron chi connectivity index (χ1n) is 7.83. The van der Waals surface area contributed by atoms with Gasteiger partial charge in [-0.1, -0.05) is 12.1 Å². The molecular weight excluding hydrogens is 262 g/mol. The lowest BCUT2D eigenvalue weighted by molar-refractivity contribution is 0.00507. The zero-order chi connectivity index (χ0) is 14.7. The maximum atomic E-state index is 9.75. The molecule has 1 aromatic carbocycles. The number of hydrogen-bond donors (Lipinski definition) is 1. The Morgan fingerprint density at radius 3 is 2.33 bits per heavy atom. The number of anilines is 1. The fraction of sp³-hybridized carbons (Fsp3) is 0.588. The highest BCUT2D eigenvalue weighted by Gasteiger charge is 2.38. The average molecular weight is 285 g/mol. The van der Waals surface area contributed by atoms with Crippen LogP contribution in [-0.4, -0.2) is 37.2 Å². The molecule has 3 rings (SSSR count). The molecule has 21 heavy (non-hydrogen) atoms. The summed E-state index contributed by atoms with van der Waals surface area (Å²) in [6.45, 7) is 3.76. The van der Waals surface area contributed by atoms with Crippen LogP contribution in [0.2, 0.25) is 0 Å². The number of hydrogen-bond acceptors (Lipinski definition) is 4. The van der Waals surface area contributed by atoms with Crippen LogP contribution in [0.1, 0.15) is 31.2 Å². The monoisotopic (exact) mass is 285 g/mol. The molecule has 1 saturated carbocycles. The lowest BCUT2D eigenvalue weighted by Crippen LogP contribution is -2.47. The van der Waals surface area contributed by atoms with Gasteiger partial charge in [-0.3, -0.25) is 4.90 Å². The summed E-state index contributed by atoms with van der Waals surface area (Å²) in [4.78, 5) is 2.54. The summed E-state index contributed by atoms with van der Waals surface area (Å²) < 4.78 is 5.43. The highest BCUT2D eigenvalue weighted by atomic mass is 16.5. The Labute approximate surface area is 126 Å². The molecule has 4 heteroatoms. The quantitative estimate of drug-likeness (QED) is 0.847. The van der Waals surface area contributed by atoms with E-state index in [1.807, 2.05) is 24.3 Å². The molecule has 0 amide bonds. The van der Waals surface area contributed by atoms with E-state index in [0.717, 1.165) is 63.2 Å². The number of nitriles is 1. The van der Waals surface area contributed by atoms with Gasteiger partial charge in [0.05, 0.1) is 24.7 Å². The van der Waals surface area contributed by atoms with E-state index >= 15 is 0 Å². The van der Waals surface area contributed by atoms with Gasteiger partial charge in [-0.2, -0.15) is 5.26 Å². The highest BCUT2D eigenvalue weighted by Crippen LogP contribution is 2.40. The summed E-state index contributed by atoms with van der Waals surface area (Å²) in [7, 11) is 0. The second-order valence-electron chi connectivity index (χ2n) is 6.20. The summed E-state index contributed by atoms with van der Waals surface area (Å²) in [5, 5.41) is 9.75. The number of nitrogen functional groups attached to an aromatic ring is 1. The van der Waals surface area contributed by atoms with Crippen molar-refractivity contribution < 1.29 is 4.74 Å². The Kier molecular flexibility index (Phi) is 4.14. The molecule has 2 N–H and O–H groups in total. The van der Waals surface area contributed by atoms with Crippen molar-refractivity contribution in [3.05, 3.63) is 29.8 Å². The van der Waals surface area contributed by atoms with Crippen LogP contribution in [0.3, 0.4) is 0 Å². The summed E-state index contributed by atoms with van der Waals surface area (Å²) in [5.74, 6) is 0. The first-order valence-corrected chi connectivity index (χ1v) is 7.83. The fourth-order valence-electron chi connectivity index (χ4n) is 3.67. The number of benzene rings is 1. The minimum Gasteiger partial charge on any atom is -0.399 e. The van der Waals surface area contributed by atoms with Gasteiger partial charge < -0.3 is 10.5 Å². The van der Waals surface area contributed by atoms with Gasteiger partial charge in [0.1, 0.15) is 0 Å². The number of morpholine rings is 1. The van der Waals surface area contributed by atoms with Gasteiger partial charge in [0.15, 0.2) is 0 Å². The summed E-state index contributed by atoms with van der Waals surface area (Å²) >= 11 is 0. The van der Waals surface area contributed by atoms with E-state index in [4.69, 9.17) is 10.5 Å². The number of rotatable bonds is 2. The molecule has 1 aliphatic carbocycles. The number of nitrogens with zero attached hydrogens (tertiary/aromatic N) is 2. The van der Waals surface area contributed by atoms with E-state index in [0.29, 0.717) is 6.04 Å². The topological polar surface area (TPSA) is 62.3 Å². The van der Waals surface area contributed by atoms with Crippen LogP contribution in [-0.2, 0) is 10.2 Å². The van der Waals surface area contributed by atoms with Gasteiger partial charge in [-0.15, -0.1) is 0 Å². The molecule has 0 aromatic heterocycles. The molecule has 1 aromatic rings. The molecule has 112 valence electrons.